The van der Waals surface area contributed by atoms with Crippen LogP contribution in [-0.2, 0) is 20.2 Å². The molecule has 0 saturated heterocycles. The summed E-state index contributed by atoms with van der Waals surface area (Å²) in [4.78, 5) is 10.1. The number of nitrogens with one attached hydrogen (secondary N) is 1. The molecular formula is C23H18N4O9S2. The third-order valence-electron chi connectivity index (χ3n) is 5.30. The molecule has 4 rings (SSSR count). The van der Waals surface area contributed by atoms with Gasteiger partial charge in [0.1, 0.15) is 21.2 Å². The van der Waals surface area contributed by atoms with Crippen LogP contribution >= 0.6 is 0 Å². The molecule has 7 N–H and O–H groups in total. The van der Waals surface area contributed by atoms with E-state index in [4.69, 9.17) is 5.73 Å². The van der Waals surface area contributed by atoms with Crippen LogP contribution in [0.3, 0.4) is 0 Å². The Labute approximate surface area is 215 Å². The fourth-order valence-corrected chi connectivity index (χ4v) is 4.87. The highest BCUT2D eigenvalue weighted by atomic mass is 32.2. The predicted molar refractivity (Wildman–Crippen MR) is 137 cm³/mol. The van der Waals surface area contributed by atoms with Gasteiger partial charge in [0, 0.05) is 16.8 Å². The molecule has 0 aliphatic rings. The molecule has 0 atom stereocenters. The average Bonchev–Trinajstić information content (AvgIpc) is 2.83. The number of hydrogen-bond donors (Lipinski definition) is 6. The van der Waals surface area contributed by atoms with E-state index in [1.54, 1.807) is 0 Å². The van der Waals surface area contributed by atoms with Crippen LogP contribution in [0, 0.1) is 0 Å². The van der Waals surface area contributed by atoms with Crippen molar-refractivity contribution in [3.05, 3.63) is 72.3 Å². The number of aromatic hydroxyl groups is 1. The van der Waals surface area contributed by atoms with Crippen LogP contribution in [0.4, 0.5) is 28.4 Å². The first kappa shape index (κ1) is 26.5. The van der Waals surface area contributed by atoms with E-state index in [2.05, 4.69) is 15.5 Å². The Balaban J connectivity index is 1.81. The van der Waals surface area contributed by atoms with Crippen molar-refractivity contribution < 1.29 is 40.9 Å². The predicted octanol–water partition coefficient (Wildman–Crippen LogP) is 4.48. The summed E-state index contributed by atoms with van der Waals surface area (Å²) in [6, 6.07) is 14.6. The zero-order chi connectivity index (χ0) is 27.8. The number of nitrogens with zero attached hydrogens (tertiary/aromatic N) is 2. The van der Waals surface area contributed by atoms with Crippen molar-refractivity contribution >= 4 is 65.4 Å². The molecule has 13 nitrogen and oxygen atoms in total. The first-order chi connectivity index (χ1) is 17.8. The largest absolute Gasteiger partial charge is 0.505 e. The molecule has 0 heterocycles. The van der Waals surface area contributed by atoms with Gasteiger partial charge in [-0.1, -0.05) is 12.1 Å². The fourth-order valence-electron chi connectivity index (χ4n) is 3.57. The first-order valence-corrected chi connectivity index (χ1v) is 13.3. The van der Waals surface area contributed by atoms with Gasteiger partial charge in [-0.25, -0.2) is 4.79 Å². The SMILES string of the molecule is Nc1ccc(Nc2ccc3c(O)c(N=Nc4ccccc4C(=O)O)c(S(=O)(=O)O)cc3c2)cc1S(=O)(=O)O. The molecule has 196 valence electrons. The molecule has 0 aromatic heterocycles. The molecule has 0 bridgehead atoms. The molecule has 0 amide bonds. The summed E-state index contributed by atoms with van der Waals surface area (Å²) >= 11 is 0. The summed E-state index contributed by atoms with van der Waals surface area (Å²) in [5.41, 5.74) is 5.00. The van der Waals surface area contributed by atoms with Gasteiger partial charge in [-0.2, -0.15) is 16.8 Å². The third-order valence-corrected chi connectivity index (χ3v) is 7.08. The van der Waals surface area contributed by atoms with Crippen LogP contribution in [-0.4, -0.2) is 42.1 Å². The second kappa shape index (κ2) is 9.71. The first-order valence-electron chi connectivity index (χ1n) is 10.4. The lowest BCUT2D eigenvalue weighted by Gasteiger charge is -2.12. The quantitative estimate of drug-likeness (QED) is 0.105. The number of nitrogen functional groups attached to an aromatic ring is 1. The highest BCUT2D eigenvalue weighted by Crippen LogP contribution is 2.42. The van der Waals surface area contributed by atoms with Crippen LogP contribution in [0.1, 0.15) is 10.4 Å². The van der Waals surface area contributed by atoms with Gasteiger partial charge >= 0.3 is 5.97 Å². The lowest BCUT2D eigenvalue weighted by Crippen LogP contribution is -2.04. The summed E-state index contributed by atoms with van der Waals surface area (Å²) in [7, 11) is -9.53. The topological polar surface area (TPSA) is 229 Å². The molecule has 0 aliphatic heterocycles. The Morgan fingerprint density at radius 3 is 2.11 bits per heavy atom. The fraction of sp³-hybridized carbons (Fsp3) is 0. The van der Waals surface area contributed by atoms with Crippen LogP contribution in [0.25, 0.3) is 10.8 Å². The van der Waals surface area contributed by atoms with Crippen molar-refractivity contribution in [2.24, 2.45) is 10.2 Å². The molecule has 4 aromatic rings. The van der Waals surface area contributed by atoms with E-state index in [1.165, 1.54) is 54.6 Å². The number of fused-ring (bicyclic) bond motifs is 1. The van der Waals surface area contributed by atoms with Gasteiger partial charge in [0.15, 0.2) is 5.75 Å². The number of benzene rings is 4. The minimum absolute atomic E-state index is 0.111. The average molecular weight is 559 g/mol. The van der Waals surface area contributed by atoms with Crippen molar-refractivity contribution in [1.29, 1.82) is 0 Å². The normalized spacial score (nSPS) is 12.2. The second-order valence-corrected chi connectivity index (χ2v) is 10.6. The van der Waals surface area contributed by atoms with Gasteiger partial charge in [-0.15, -0.1) is 10.2 Å². The number of anilines is 3. The highest BCUT2D eigenvalue weighted by Gasteiger charge is 2.23. The molecule has 15 heteroatoms. The molecule has 0 unspecified atom stereocenters. The number of aromatic carboxylic acids is 1. The number of azo groups is 1. The van der Waals surface area contributed by atoms with Crippen LogP contribution < -0.4 is 11.1 Å². The number of hydrogen-bond acceptors (Lipinski definition) is 10. The van der Waals surface area contributed by atoms with Crippen LogP contribution in [0.5, 0.6) is 5.75 Å². The zero-order valence-electron chi connectivity index (χ0n) is 19.0. The second-order valence-electron chi connectivity index (χ2n) is 7.86. The van der Waals surface area contributed by atoms with Gasteiger partial charge < -0.3 is 21.3 Å². The molecule has 38 heavy (non-hydrogen) atoms. The van der Waals surface area contributed by atoms with Crippen molar-refractivity contribution in [2.75, 3.05) is 11.1 Å². The number of rotatable bonds is 7. The van der Waals surface area contributed by atoms with Crippen molar-refractivity contribution in [3.8, 4) is 5.75 Å². The van der Waals surface area contributed by atoms with E-state index in [0.29, 0.717) is 5.69 Å². The summed E-state index contributed by atoms with van der Waals surface area (Å²) in [5, 5.41) is 30.7. The Hall–Kier alpha value is -4.57. The highest BCUT2D eigenvalue weighted by molar-refractivity contribution is 7.86. The van der Waals surface area contributed by atoms with E-state index in [1.807, 2.05) is 0 Å². The van der Waals surface area contributed by atoms with Gasteiger partial charge in [-0.05, 0) is 60.0 Å². The van der Waals surface area contributed by atoms with E-state index >= 15 is 0 Å². The maximum atomic E-state index is 12.1. The van der Waals surface area contributed by atoms with E-state index in [-0.39, 0.29) is 33.4 Å². The number of phenolic OH excluding ortho intramolecular Hbond substituents is 1. The Bertz CT molecular complexity index is 1850. The zero-order valence-corrected chi connectivity index (χ0v) is 20.6. The number of carboxylic acids is 1. The summed E-state index contributed by atoms with van der Waals surface area (Å²) in [5.74, 6) is -1.96. The van der Waals surface area contributed by atoms with Gasteiger partial charge in [0.05, 0.1) is 11.3 Å². The van der Waals surface area contributed by atoms with E-state index in [9.17, 15) is 40.9 Å². The molecule has 0 radical (unpaired) electrons. The maximum absolute atomic E-state index is 12.1. The van der Waals surface area contributed by atoms with Crippen molar-refractivity contribution in [1.82, 2.24) is 0 Å². The van der Waals surface area contributed by atoms with Gasteiger partial charge in [0.25, 0.3) is 20.2 Å². The minimum Gasteiger partial charge on any atom is -0.505 e. The lowest BCUT2D eigenvalue weighted by molar-refractivity contribution is 0.0697. The van der Waals surface area contributed by atoms with Crippen LogP contribution in [0.15, 0.2) is 86.7 Å². The molecule has 0 aliphatic carbocycles. The molecule has 0 fully saturated rings. The lowest BCUT2D eigenvalue weighted by atomic mass is 10.1. The van der Waals surface area contributed by atoms with Gasteiger partial charge in [0.2, 0.25) is 0 Å². The van der Waals surface area contributed by atoms with Crippen molar-refractivity contribution in [2.45, 2.75) is 9.79 Å². The number of phenols is 1. The Morgan fingerprint density at radius 2 is 1.45 bits per heavy atom. The minimum atomic E-state index is -4.94. The Kier molecular flexibility index (Phi) is 6.77. The Morgan fingerprint density at radius 1 is 0.816 bits per heavy atom. The molecule has 0 saturated carbocycles. The summed E-state index contributed by atoms with van der Waals surface area (Å²) < 4.78 is 66.4. The van der Waals surface area contributed by atoms with Crippen LogP contribution in [0.2, 0.25) is 0 Å². The summed E-state index contributed by atoms with van der Waals surface area (Å²) in [6.45, 7) is 0. The number of carbonyl (C=O) groups is 1. The smallest absolute Gasteiger partial charge is 0.337 e. The monoisotopic (exact) mass is 558 g/mol. The maximum Gasteiger partial charge on any atom is 0.337 e. The molecule has 4 aromatic carbocycles. The number of carboxylic acid groups (broad SMARTS) is 1. The molecular weight excluding hydrogens is 540 g/mol. The molecule has 0 spiro atoms. The van der Waals surface area contributed by atoms with Gasteiger partial charge in [-0.3, -0.25) is 9.11 Å². The standard InChI is InChI=1S/C23H18N4O9S2/c24-17-8-6-14(11-19(17)37(31,32)33)25-13-5-7-15-12(9-13)10-20(38(34,35)36)21(22(15)28)27-26-18-4-2-1-3-16(18)23(29)30/h1-11,25,28H,24H2,(H,29,30)(H,31,32,33)(H,34,35,36). The third kappa shape index (κ3) is 5.40. The number of nitrogens with two attached hydrogens (primary N) is 1. The van der Waals surface area contributed by atoms with E-state index < -0.39 is 47.4 Å². The van der Waals surface area contributed by atoms with Crippen molar-refractivity contribution in [3.63, 3.8) is 0 Å². The van der Waals surface area contributed by atoms with E-state index in [0.717, 1.165) is 12.1 Å². The summed E-state index contributed by atoms with van der Waals surface area (Å²) in [6.07, 6.45) is 0.